The molecule has 0 bridgehead atoms. The first kappa shape index (κ1) is 7.75. The second kappa shape index (κ2) is 2.72. The average molecular weight is 162 g/mol. The van der Waals surface area contributed by atoms with E-state index in [9.17, 15) is 8.42 Å². The zero-order chi connectivity index (χ0) is 7.61. The molecule has 58 valence electrons. The number of hydrogen-bond acceptors (Lipinski definition) is 2. The first-order valence-corrected chi connectivity index (χ1v) is 4.74. The molecule has 1 unspecified atom stereocenters. The van der Waals surface area contributed by atoms with Crippen LogP contribution in [0.15, 0.2) is 12.2 Å². The lowest BCUT2D eigenvalue weighted by atomic mass is 10.1. The molecule has 1 rings (SSSR count). The van der Waals surface area contributed by atoms with Crippen molar-refractivity contribution >= 4 is 10.1 Å². The van der Waals surface area contributed by atoms with E-state index >= 15 is 0 Å². The van der Waals surface area contributed by atoms with Gasteiger partial charge in [-0.3, -0.25) is 4.55 Å². The molecule has 1 atom stereocenters. The largest absolute Gasteiger partial charge is 0.285 e. The standard InChI is InChI=1S/C6H10O3S/c7-10(8,9)6-4-2-1-3-5-6/h2,4,6H,1,3,5H2,(H,7,8,9). The highest BCUT2D eigenvalue weighted by atomic mass is 32.2. The summed E-state index contributed by atoms with van der Waals surface area (Å²) in [6, 6.07) is 0. The smallest absolute Gasteiger partial charge is 0.271 e. The molecule has 0 aromatic carbocycles. The molecule has 1 aliphatic carbocycles. The van der Waals surface area contributed by atoms with Gasteiger partial charge in [0, 0.05) is 0 Å². The summed E-state index contributed by atoms with van der Waals surface area (Å²) in [7, 11) is -3.81. The molecule has 0 amide bonds. The molecule has 0 aliphatic heterocycles. The maximum absolute atomic E-state index is 10.5. The van der Waals surface area contributed by atoms with Crippen LogP contribution in [0.2, 0.25) is 0 Å². The third-order valence-electron chi connectivity index (χ3n) is 1.59. The summed E-state index contributed by atoms with van der Waals surface area (Å²) >= 11 is 0. The molecule has 1 aliphatic rings. The first-order chi connectivity index (χ1) is 4.61. The molecule has 1 N–H and O–H groups in total. The molecule has 10 heavy (non-hydrogen) atoms. The quantitative estimate of drug-likeness (QED) is 0.462. The average Bonchev–Trinajstić information content (AvgIpc) is 1.88. The molecule has 3 nitrogen and oxygen atoms in total. The monoisotopic (exact) mass is 162 g/mol. The molecule has 4 heteroatoms. The van der Waals surface area contributed by atoms with Crippen LogP contribution in [0.4, 0.5) is 0 Å². The van der Waals surface area contributed by atoms with E-state index in [1.165, 1.54) is 0 Å². The van der Waals surface area contributed by atoms with Crippen molar-refractivity contribution < 1.29 is 13.0 Å². The molecular formula is C6H10O3S. The van der Waals surface area contributed by atoms with Crippen molar-refractivity contribution in [2.24, 2.45) is 0 Å². The normalized spacial score (nSPS) is 26.7. The minimum Gasteiger partial charge on any atom is -0.285 e. The van der Waals surface area contributed by atoms with Crippen LogP contribution < -0.4 is 0 Å². The second-order valence-electron chi connectivity index (χ2n) is 2.41. The SMILES string of the molecule is O=S(=O)(O)C1C=CCCC1. The van der Waals surface area contributed by atoms with Crippen LogP contribution in [-0.2, 0) is 10.1 Å². The number of rotatable bonds is 1. The maximum Gasteiger partial charge on any atom is 0.271 e. The van der Waals surface area contributed by atoms with Gasteiger partial charge in [0.15, 0.2) is 0 Å². The van der Waals surface area contributed by atoms with Crippen molar-refractivity contribution in [1.29, 1.82) is 0 Å². The van der Waals surface area contributed by atoms with Crippen molar-refractivity contribution in [2.75, 3.05) is 0 Å². The number of hydrogen-bond donors (Lipinski definition) is 1. The first-order valence-electron chi connectivity index (χ1n) is 3.23. The van der Waals surface area contributed by atoms with Crippen molar-refractivity contribution in [3.05, 3.63) is 12.2 Å². The molecule has 0 radical (unpaired) electrons. The Morgan fingerprint density at radius 1 is 1.50 bits per heavy atom. The molecule has 0 fully saturated rings. The summed E-state index contributed by atoms with van der Waals surface area (Å²) in [6.07, 6.45) is 5.67. The fraction of sp³-hybridized carbons (Fsp3) is 0.667. The van der Waals surface area contributed by atoms with Gasteiger partial charge >= 0.3 is 0 Å². The van der Waals surface area contributed by atoms with Crippen molar-refractivity contribution in [3.63, 3.8) is 0 Å². The number of allylic oxidation sites excluding steroid dienone is 1. The van der Waals surface area contributed by atoms with E-state index in [1.807, 2.05) is 0 Å². The zero-order valence-corrected chi connectivity index (χ0v) is 6.34. The molecule has 0 aromatic rings. The summed E-state index contributed by atoms with van der Waals surface area (Å²) in [5, 5.41) is -0.652. The Bertz CT molecular complexity index is 227. The highest BCUT2D eigenvalue weighted by Crippen LogP contribution is 2.15. The third kappa shape index (κ3) is 1.82. The second-order valence-corrected chi connectivity index (χ2v) is 4.05. The molecular weight excluding hydrogens is 152 g/mol. The Kier molecular flexibility index (Phi) is 2.11. The van der Waals surface area contributed by atoms with Crippen molar-refractivity contribution in [1.82, 2.24) is 0 Å². The van der Waals surface area contributed by atoms with E-state index < -0.39 is 15.4 Å². The van der Waals surface area contributed by atoms with Gasteiger partial charge in [0.05, 0.1) is 0 Å². The van der Waals surface area contributed by atoms with Crippen LogP contribution in [-0.4, -0.2) is 18.2 Å². The topological polar surface area (TPSA) is 54.4 Å². The molecule has 0 saturated heterocycles. The van der Waals surface area contributed by atoms with E-state index in [0.717, 1.165) is 12.8 Å². The van der Waals surface area contributed by atoms with Gasteiger partial charge < -0.3 is 0 Å². The van der Waals surface area contributed by atoms with Crippen LogP contribution in [0.3, 0.4) is 0 Å². The lowest BCUT2D eigenvalue weighted by Crippen LogP contribution is -2.19. The van der Waals surface area contributed by atoms with Gasteiger partial charge in [-0.15, -0.1) is 0 Å². The van der Waals surface area contributed by atoms with Gasteiger partial charge in [0.1, 0.15) is 5.25 Å². The minimum atomic E-state index is -3.81. The maximum atomic E-state index is 10.5. The predicted molar refractivity (Wildman–Crippen MR) is 38.3 cm³/mol. The summed E-state index contributed by atoms with van der Waals surface area (Å²) in [4.78, 5) is 0. The lowest BCUT2D eigenvalue weighted by molar-refractivity contribution is 0.468. The highest BCUT2D eigenvalue weighted by Gasteiger charge is 2.20. The lowest BCUT2D eigenvalue weighted by Gasteiger charge is -2.11. The summed E-state index contributed by atoms with van der Waals surface area (Å²) < 4.78 is 29.5. The van der Waals surface area contributed by atoms with Crippen molar-refractivity contribution in [3.8, 4) is 0 Å². The molecule has 0 saturated carbocycles. The summed E-state index contributed by atoms with van der Waals surface area (Å²) in [5.41, 5.74) is 0. The van der Waals surface area contributed by atoms with Gasteiger partial charge in [-0.05, 0) is 19.3 Å². The Balaban J connectivity index is 2.74. The van der Waals surface area contributed by atoms with Crippen LogP contribution in [0.25, 0.3) is 0 Å². The molecule has 0 heterocycles. The van der Waals surface area contributed by atoms with Crippen LogP contribution in [0.5, 0.6) is 0 Å². The zero-order valence-electron chi connectivity index (χ0n) is 5.53. The van der Waals surface area contributed by atoms with Crippen LogP contribution in [0.1, 0.15) is 19.3 Å². The molecule has 0 spiro atoms. The Morgan fingerprint density at radius 2 is 2.20 bits per heavy atom. The minimum absolute atomic E-state index is 0.551. The molecule has 0 aromatic heterocycles. The fourth-order valence-electron chi connectivity index (χ4n) is 1.03. The summed E-state index contributed by atoms with van der Waals surface area (Å²) in [6.45, 7) is 0. The van der Waals surface area contributed by atoms with Gasteiger partial charge in [-0.25, -0.2) is 0 Å². The van der Waals surface area contributed by atoms with Crippen LogP contribution in [0, 0.1) is 0 Å². The fourth-order valence-corrected chi connectivity index (χ4v) is 1.80. The van der Waals surface area contributed by atoms with Gasteiger partial charge in [0.2, 0.25) is 0 Å². The van der Waals surface area contributed by atoms with Crippen molar-refractivity contribution in [2.45, 2.75) is 24.5 Å². The van der Waals surface area contributed by atoms with E-state index in [-0.39, 0.29) is 0 Å². The van der Waals surface area contributed by atoms with E-state index in [4.69, 9.17) is 4.55 Å². The highest BCUT2D eigenvalue weighted by molar-refractivity contribution is 7.86. The summed E-state index contributed by atoms with van der Waals surface area (Å²) in [5.74, 6) is 0. The van der Waals surface area contributed by atoms with Gasteiger partial charge in [-0.2, -0.15) is 8.42 Å². The predicted octanol–water partition coefficient (Wildman–Crippen LogP) is 0.983. The van der Waals surface area contributed by atoms with E-state index in [0.29, 0.717) is 6.42 Å². The Labute approximate surface area is 60.5 Å². The van der Waals surface area contributed by atoms with E-state index in [1.54, 1.807) is 12.2 Å². The third-order valence-corrected chi connectivity index (χ3v) is 2.75. The Morgan fingerprint density at radius 3 is 2.50 bits per heavy atom. The Hall–Kier alpha value is -0.350. The van der Waals surface area contributed by atoms with E-state index in [2.05, 4.69) is 0 Å². The van der Waals surface area contributed by atoms with Crippen LogP contribution >= 0.6 is 0 Å². The van der Waals surface area contributed by atoms with Gasteiger partial charge in [0.25, 0.3) is 10.1 Å². The van der Waals surface area contributed by atoms with Gasteiger partial charge in [-0.1, -0.05) is 12.2 Å².